The van der Waals surface area contributed by atoms with Crippen LogP contribution in [0.15, 0.2) is 24.3 Å². The molecule has 9 nitrogen and oxygen atoms in total. The van der Waals surface area contributed by atoms with Gasteiger partial charge in [0.2, 0.25) is 0 Å². The Morgan fingerprint density at radius 1 is 0.571 bits per heavy atom. The van der Waals surface area contributed by atoms with Gasteiger partial charge in [-0.05, 0) is 6.07 Å². The van der Waals surface area contributed by atoms with Crippen molar-refractivity contribution in [1.29, 1.82) is 0 Å². The topological polar surface area (TPSA) is 166 Å². The van der Waals surface area contributed by atoms with E-state index in [0.717, 1.165) is 12.1 Å². The first-order valence-electron chi connectivity index (χ1n) is 7.12. The van der Waals surface area contributed by atoms with Gasteiger partial charge in [0, 0.05) is 5.56 Å². The number of carboxylic acid groups (broad SMARTS) is 4. The van der Waals surface area contributed by atoms with Crippen molar-refractivity contribution in [3.8, 4) is 0 Å². The zero-order chi connectivity index (χ0) is 21.3. The average Bonchev–Trinajstić information content (AvgIpc) is 2.61. The molecule has 0 radical (unpaired) electrons. The Bertz CT molecular complexity index is 1070. The van der Waals surface area contributed by atoms with Gasteiger partial charge in [-0.15, -0.1) is 0 Å². The summed E-state index contributed by atoms with van der Waals surface area (Å²) in [5.74, 6) is -8.58. The van der Waals surface area contributed by atoms with Gasteiger partial charge in [0.05, 0.1) is 37.9 Å². The molecular weight excluding hydrogens is 419 g/mol. The van der Waals surface area contributed by atoms with Gasteiger partial charge in [-0.2, -0.15) is 0 Å². The summed E-state index contributed by atoms with van der Waals surface area (Å²) in [6, 6.07) is 4.73. The molecule has 0 atom stereocenters. The van der Waals surface area contributed by atoms with E-state index in [-0.39, 0.29) is 0 Å². The van der Waals surface area contributed by atoms with Crippen molar-refractivity contribution in [1.82, 2.24) is 0 Å². The highest BCUT2D eigenvalue weighted by Crippen LogP contribution is 2.37. The van der Waals surface area contributed by atoms with Gasteiger partial charge in [0.25, 0.3) is 0 Å². The molecule has 0 amide bonds. The molecule has 0 saturated carbocycles. The number of halogens is 2. The summed E-state index contributed by atoms with van der Waals surface area (Å²) in [5, 5.41) is 35.6. The summed E-state index contributed by atoms with van der Waals surface area (Å²) < 4.78 is 0. The molecule has 0 aliphatic heterocycles. The molecular formula is C17H8Cl2O9. The summed E-state index contributed by atoms with van der Waals surface area (Å²) in [6.45, 7) is 0. The molecule has 0 heterocycles. The van der Waals surface area contributed by atoms with Crippen LogP contribution in [-0.4, -0.2) is 50.1 Å². The third kappa shape index (κ3) is 3.40. The number of ketones is 1. The number of rotatable bonds is 6. The van der Waals surface area contributed by atoms with Crippen LogP contribution in [0.1, 0.15) is 57.4 Å². The highest BCUT2D eigenvalue weighted by atomic mass is 35.5. The van der Waals surface area contributed by atoms with Crippen LogP contribution in [0.3, 0.4) is 0 Å². The molecule has 4 N–H and O–H groups in total. The third-order valence-corrected chi connectivity index (χ3v) is 4.51. The van der Waals surface area contributed by atoms with Crippen LogP contribution < -0.4 is 0 Å². The maximum Gasteiger partial charge on any atom is 0.338 e. The standard InChI is InChI=1S/C17H8Cl2O9/c18-11-9(13(20)5-3-1-2-4-6(5)14(21)22)7(15(23)24)8(16(25)26)10(12(11)19)17(27)28/h1-4H,(H,21,22)(H,23,24)(H,25,26)(H,27,28). The van der Waals surface area contributed by atoms with Gasteiger partial charge in [-0.3, -0.25) is 4.79 Å². The minimum absolute atomic E-state index is 0.491. The quantitative estimate of drug-likeness (QED) is 0.507. The van der Waals surface area contributed by atoms with Crippen molar-refractivity contribution in [2.24, 2.45) is 0 Å². The minimum atomic E-state index is -1.98. The van der Waals surface area contributed by atoms with Gasteiger partial charge in [0.1, 0.15) is 0 Å². The third-order valence-electron chi connectivity index (χ3n) is 3.65. The van der Waals surface area contributed by atoms with E-state index in [1.807, 2.05) is 0 Å². The smallest absolute Gasteiger partial charge is 0.338 e. The second-order valence-electron chi connectivity index (χ2n) is 5.22. The van der Waals surface area contributed by atoms with E-state index in [9.17, 15) is 44.4 Å². The lowest BCUT2D eigenvalue weighted by atomic mass is 9.89. The van der Waals surface area contributed by atoms with Gasteiger partial charge >= 0.3 is 23.9 Å². The van der Waals surface area contributed by atoms with Crippen molar-refractivity contribution < 1.29 is 44.4 Å². The molecule has 0 unspecified atom stereocenters. The molecule has 144 valence electrons. The van der Waals surface area contributed by atoms with Gasteiger partial charge < -0.3 is 20.4 Å². The van der Waals surface area contributed by atoms with Crippen LogP contribution >= 0.6 is 23.2 Å². The Morgan fingerprint density at radius 2 is 0.964 bits per heavy atom. The summed E-state index contributed by atoms with van der Waals surface area (Å²) >= 11 is 11.7. The normalized spacial score (nSPS) is 10.4. The van der Waals surface area contributed by atoms with Crippen molar-refractivity contribution in [2.45, 2.75) is 0 Å². The van der Waals surface area contributed by atoms with Crippen molar-refractivity contribution in [3.63, 3.8) is 0 Å². The monoisotopic (exact) mass is 426 g/mol. The molecule has 2 aromatic carbocycles. The Morgan fingerprint density at radius 3 is 1.39 bits per heavy atom. The van der Waals surface area contributed by atoms with Crippen molar-refractivity contribution >= 4 is 52.9 Å². The Balaban J connectivity index is 3.03. The minimum Gasteiger partial charge on any atom is -0.478 e. The number of carboxylic acids is 4. The molecule has 2 aromatic rings. The van der Waals surface area contributed by atoms with Gasteiger partial charge in [0.15, 0.2) is 5.78 Å². The first kappa shape index (κ1) is 20.9. The van der Waals surface area contributed by atoms with E-state index in [0.29, 0.717) is 0 Å². The van der Waals surface area contributed by atoms with Crippen LogP contribution in [0.2, 0.25) is 10.0 Å². The zero-order valence-corrected chi connectivity index (χ0v) is 14.9. The summed E-state index contributed by atoms with van der Waals surface area (Å²) in [5.41, 5.74) is -5.52. The maximum atomic E-state index is 12.9. The maximum absolute atomic E-state index is 12.9. The molecule has 28 heavy (non-hydrogen) atoms. The predicted molar refractivity (Wildman–Crippen MR) is 94.2 cm³/mol. The van der Waals surface area contributed by atoms with Gasteiger partial charge in [-0.25, -0.2) is 19.2 Å². The van der Waals surface area contributed by atoms with E-state index in [4.69, 9.17) is 23.2 Å². The molecule has 0 fully saturated rings. The van der Waals surface area contributed by atoms with E-state index in [1.165, 1.54) is 12.1 Å². The van der Waals surface area contributed by atoms with Crippen LogP contribution in [0.25, 0.3) is 0 Å². The van der Waals surface area contributed by atoms with Crippen molar-refractivity contribution in [3.05, 3.63) is 67.7 Å². The number of aromatic carboxylic acids is 4. The van der Waals surface area contributed by atoms with Gasteiger partial charge in [-0.1, -0.05) is 41.4 Å². The zero-order valence-electron chi connectivity index (χ0n) is 13.4. The fourth-order valence-corrected chi connectivity index (χ4v) is 3.08. The molecule has 0 aliphatic rings. The number of hydrogen-bond donors (Lipinski definition) is 4. The summed E-state index contributed by atoms with van der Waals surface area (Å²) in [4.78, 5) is 59.0. The SMILES string of the molecule is O=C(O)c1ccccc1C(=O)c1c(Cl)c(Cl)c(C(=O)O)c(C(=O)O)c1C(=O)O. The summed E-state index contributed by atoms with van der Waals surface area (Å²) in [7, 11) is 0. The molecule has 0 spiro atoms. The van der Waals surface area contributed by atoms with E-state index in [2.05, 4.69) is 0 Å². The summed E-state index contributed by atoms with van der Waals surface area (Å²) in [6.07, 6.45) is 0. The Labute approximate surface area is 165 Å². The van der Waals surface area contributed by atoms with Crippen LogP contribution in [0, 0.1) is 0 Å². The lowest BCUT2D eigenvalue weighted by Gasteiger charge is -2.16. The molecule has 2 rings (SSSR count). The first-order valence-corrected chi connectivity index (χ1v) is 7.88. The van der Waals surface area contributed by atoms with E-state index in [1.54, 1.807) is 0 Å². The fourth-order valence-electron chi connectivity index (χ4n) is 2.53. The molecule has 11 heteroatoms. The van der Waals surface area contributed by atoms with E-state index < -0.39 is 73.1 Å². The average molecular weight is 427 g/mol. The highest BCUT2D eigenvalue weighted by Gasteiger charge is 2.36. The van der Waals surface area contributed by atoms with Crippen molar-refractivity contribution in [2.75, 3.05) is 0 Å². The lowest BCUT2D eigenvalue weighted by Crippen LogP contribution is -2.22. The van der Waals surface area contributed by atoms with E-state index >= 15 is 0 Å². The van der Waals surface area contributed by atoms with Crippen LogP contribution in [0.5, 0.6) is 0 Å². The second-order valence-corrected chi connectivity index (χ2v) is 5.98. The first-order chi connectivity index (χ1) is 13.0. The molecule has 0 aliphatic carbocycles. The molecule has 0 bridgehead atoms. The molecule has 0 saturated heterocycles. The van der Waals surface area contributed by atoms with Crippen LogP contribution in [-0.2, 0) is 0 Å². The largest absolute Gasteiger partial charge is 0.478 e. The fraction of sp³-hybridized carbons (Fsp3) is 0. The highest BCUT2D eigenvalue weighted by molar-refractivity contribution is 6.47. The molecule has 0 aromatic heterocycles. The Hall–Kier alpha value is -3.43. The predicted octanol–water partition coefficient (Wildman–Crippen LogP) is 3.02. The second kappa shape index (κ2) is 7.67. The Kier molecular flexibility index (Phi) is 5.72. The number of carbonyl (C=O) groups excluding carboxylic acids is 1. The number of carbonyl (C=O) groups is 5. The number of hydrogen-bond acceptors (Lipinski definition) is 5. The number of benzene rings is 2. The lowest BCUT2D eigenvalue weighted by molar-refractivity contribution is 0.0631. The van der Waals surface area contributed by atoms with Crippen LogP contribution in [0.4, 0.5) is 0 Å².